The first-order valence-corrected chi connectivity index (χ1v) is 8.74. The summed E-state index contributed by atoms with van der Waals surface area (Å²) in [6.45, 7) is 5.94. The van der Waals surface area contributed by atoms with E-state index in [0.717, 1.165) is 12.0 Å². The maximum Gasteiger partial charge on any atom is 0.313 e. The van der Waals surface area contributed by atoms with E-state index in [1.54, 1.807) is 0 Å². The van der Waals surface area contributed by atoms with E-state index in [-0.39, 0.29) is 17.5 Å². The molecule has 1 unspecified atom stereocenters. The average Bonchev–Trinajstić information content (AvgIpc) is 2.98. The summed E-state index contributed by atoms with van der Waals surface area (Å²) >= 11 is 6.37. The fraction of sp³-hybridized carbons (Fsp3) is 0.632. The van der Waals surface area contributed by atoms with Gasteiger partial charge in [0.1, 0.15) is 11.4 Å². The molecule has 23 heavy (non-hydrogen) atoms. The highest BCUT2D eigenvalue weighted by Gasteiger charge is 2.28. The number of carbonyl (C=O) groups excluding carboxylic acids is 1. The number of hydrogen-bond donors (Lipinski definition) is 0. The molecule has 0 heterocycles. The maximum atomic E-state index is 12.2. The number of benzene rings is 1. The minimum absolute atomic E-state index is 0.183. The van der Waals surface area contributed by atoms with Gasteiger partial charge in [-0.1, -0.05) is 43.4 Å². The number of ether oxygens (including phenoxy) is 2. The molecule has 0 saturated heterocycles. The van der Waals surface area contributed by atoms with E-state index >= 15 is 0 Å². The SMILES string of the molecule is COC(=O)C(CC1CCCC1)c1ccc(OC(C)(C)C)c(Cl)c1. The third kappa shape index (κ3) is 5.13. The Balaban J connectivity index is 2.20. The molecule has 0 bridgehead atoms. The minimum Gasteiger partial charge on any atom is -0.487 e. The number of hydrogen-bond acceptors (Lipinski definition) is 3. The molecular formula is C19H27ClO3. The number of rotatable bonds is 5. The van der Waals surface area contributed by atoms with Gasteiger partial charge in [-0.2, -0.15) is 0 Å². The highest BCUT2D eigenvalue weighted by molar-refractivity contribution is 6.32. The molecular weight excluding hydrogens is 312 g/mol. The normalized spacial score (nSPS) is 17.1. The molecule has 128 valence electrons. The smallest absolute Gasteiger partial charge is 0.313 e. The number of halogens is 1. The molecule has 1 fully saturated rings. The molecule has 4 heteroatoms. The monoisotopic (exact) mass is 338 g/mol. The van der Waals surface area contributed by atoms with Crippen LogP contribution in [-0.2, 0) is 9.53 Å². The van der Waals surface area contributed by atoms with Crippen molar-refractivity contribution in [2.75, 3.05) is 7.11 Å². The average molecular weight is 339 g/mol. The summed E-state index contributed by atoms with van der Waals surface area (Å²) in [5, 5.41) is 0.540. The van der Waals surface area contributed by atoms with E-state index in [1.165, 1.54) is 32.8 Å². The fourth-order valence-electron chi connectivity index (χ4n) is 3.24. The van der Waals surface area contributed by atoms with Crippen LogP contribution in [0.5, 0.6) is 5.75 Å². The molecule has 0 spiro atoms. The molecule has 0 aliphatic heterocycles. The van der Waals surface area contributed by atoms with Crippen molar-refractivity contribution in [2.24, 2.45) is 5.92 Å². The van der Waals surface area contributed by atoms with Gasteiger partial charge in [-0.05, 0) is 50.8 Å². The van der Waals surface area contributed by atoms with Crippen LogP contribution in [0, 0.1) is 5.92 Å². The van der Waals surface area contributed by atoms with Crippen molar-refractivity contribution in [1.82, 2.24) is 0 Å². The van der Waals surface area contributed by atoms with Crippen molar-refractivity contribution in [3.63, 3.8) is 0 Å². The molecule has 2 rings (SSSR count). The lowest BCUT2D eigenvalue weighted by Crippen LogP contribution is -2.23. The standard InChI is InChI=1S/C19H27ClO3/c1-19(2,3)23-17-10-9-14(12-16(17)20)15(18(21)22-4)11-13-7-5-6-8-13/h9-10,12-13,15H,5-8,11H2,1-4H3. The van der Waals surface area contributed by atoms with Gasteiger partial charge in [0.05, 0.1) is 18.1 Å². The summed E-state index contributed by atoms with van der Waals surface area (Å²) in [7, 11) is 1.45. The summed E-state index contributed by atoms with van der Waals surface area (Å²) in [4.78, 5) is 12.2. The van der Waals surface area contributed by atoms with Crippen LogP contribution in [0.2, 0.25) is 5.02 Å². The molecule has 1 saturated carbocycles. The molecule has 1 aliphatic rings. The summed E-state index contributed by atoms with van der Waals surface area (Å²) in [6.07, 6.45) is 5.76. The van der Waals surface area contributed by atoms with Crippen LogP contribution < -0.4 is 4.74 Å². The van der Waals surface area contributed by atoms with Gasteiger partial charge < -0.3 is 9.47 Å². The summed E-state index contributed by atoms with van der Waals surface area (Å²) in [5.74, 6) is 0.817. The van der Waals surface area contributed by atoms with Crippen molar-refractivity contribution in [1.29, 1.82) is 0 Å². The Morgan fingerprint density at radius 2 is 1.96 bits per heavy atom. The van der Waals surface area contributed by atoms with Crippen LogP contribution in [0.15, 0.2) is 18.2 Å². The number of esters is 1. The minimum atomic E-state index is -0.309. The van der Waals surface area contributed by atoms with Crippen molar-refractivity contribution in [2.45, 2.75) is 64.4 Å². The molecule has 1 aromatic carbocycles. The van der Waals surface area contributed by atoms with Crippen molar-refractivity contribution >= 4 is 17.6 Å². The summed E-state index contributed by atoms with van der Waals surface area (Å²) < 4.78 is 10.9. The fourth-order valence-corrected chi connectivity index (χ4v) is 3.46. The molecule has 3 nitrogen and oxygen atoms in total. The van der Waals surface area contributed by atoms with Gasteiger partial charge in [0.25, 0.3) is 0 Å². The van der Waals surface area contributed by atoms with E-state index < -0.39 is 0 Å². The molecule has 1 aromatic rings. The Hall–Kier alpha value is -1.22. The lowest BCUT2D eigenvalue weighted by molar-refractivity contribution is -0.142. The first-order valence-electron chi connectivity index (χ1n) is 8.36. The third-order valence-corrected chi connectivity index (χ3v) is 4.60. The van der Waals surface area contributed by atoms with Gasteiger partial charge in [-0.25, -0.2) is 0 Å². The van der Waals surface area contributed by atoms with Gasteiger partial charge in [-0.15, -0.1) is 0 Å². The summed E-state index contributed by atoms with van der Waals surface area (Å²) in [6, 6.07) is 5.64. The molecule has 0 radical (unpaired) electrons. The van der Waals surface area contributed by atoms with Gasteiger partial charge >= 0.3 is 5.97 Å². The topological polar surface area (TPSA) is 35.5 Å². The number of methoxy groups -OCH3 is 1. The first kappa shape index (κ1) is 18.1. The van der Waals surface area contributed by atoms with Crippen molar-refractivity contribution in [3.05, 3.63) is 28.8 Å². The van der Waals surface area contributed by atoms with Crippen LogP contribution in [-0.4, -0.2) is 18.7 Å². The Kier molecular flexibility index (Phi) is 5.96. The molecule has 0 aromatic heterocycles. The van der Waals surface area contributed by atoms with Crippen LogP contribution >= 0.6 is 11.6 Å². The number of carbonyl (C=O) groups is 1. The molecule has 1 atom stereocenters. The predicted octanol–water partition coefficient (Wildman–Crippen LogP) is 5.35. The second-order valence-corrected chi connectivity index (χ2v) is 7.77. The molecule has 0 amide bonds. The zero-order valence-electron chi connectivity index (χ0n) is 14.5. The highest BCUT2D eigenvalue weighted by Crippen LogP contribution is 2.37. The van der Waals surface area contributed by atoms with E-state index in [0.29, 0.717) is 16.7 Å². The Labute approximate surface area is 144 Å². The molecule has 0 N–H and O–H groups in total. The lowest BCUT2D eigenvalue weighted by Gasteiger charge is -2.23. The van der Waals surface area contributed by atoms with Crippen LogP contribution in [0.25, 0.3) is 0 Å². The van der Waals surface area contributed by atoms with Crippen LogP contribution in [0.3, 0.4) is 0 Å². The Morgan fingerprint density at radius 1 is 1.30 bits per heavy atom. The second-order valence-electron chi connectivity index (χ2n) is 7.37. The lowest BCUT2D eigenvalue weighted by atomic mass is 9.88. The van der Waals surface area contributed by atoms with E-state index in [4.69, 9.17) is 21.1 Å². The first-order chi connectivity index (χ1) is 10.8. The summed E-state index contributed by atoms with van der Waals surface area (Å²) in [5.41, 5.74) is 0.603. The van der Waals surface area contributed by atoms with E-state index in [1.807, 2.05) is 39.0 Å². The van der Waals surface area contributed by atoms with Gasteiger partial charge in [-0.3, -0.25) is 4.79 Å². The third-order valence-electron chi connectivity index (χ3n) is 4.30. The van der Waals surface area contributed by atoms with Gasteiger partial charge in [0.2, 0.25) is 0 Å². The predicted molar refractivity (Wildman–Crippen MR) is 93.2 cm³/mol. The highest BCUT2D eigenvalue weighted by atomic mass is 35.5. The zero-order valence-corrected chi connectivity index (χ0v) is 15.3. The van der Waals surface area contributed by atoms with Gasteiger partial charge in [0, 0.05) is 0 Å². The van der Waals surface area contributed by atoms with E-state index in [2.05, 4.69) is 0 Å². The van der Waals surface area contributed by atoms with Crippen molar-refractivity contribution < 1.29 is 14.3 Å². The molecule has 1 aliphatic carbocycles. The Morgan fingerprint density at radius 3 is 2.48 bits per heavy atom. The van der Waals surface area contributed by atoms with Crippen molar-refractivity contribution in [3.8, 4) is 5.75 Å². The van der Waals surface area contributed by atoms with Crippen LogP contribution in [0.1, 0.15) is 64.4 Å². The largest absolute Gasteiger partial charge is 0.487 e. The zero-order chi connectivity index (χ0) is 17.0. The Bertz CT molecular complexity index is 542. The quantitative estimate of drug-likeness (QED) is 0.678. The second kappa shape index (κ2) is 7.57. The van der Waals surface area contributed by atoms with Crippen LogP contribution in [0.4, 0.5) is 0 Å². The van der Waals surface area contributed by atoms with E-state index in [9.17, 15) is 4.79 Å². The van der Waals surface area contributed by atoms with Gasteiger partial charge in [0.15, 0.2) is 0 Å². The maximum absolute atomic E-state index is 12.2.